The van der Waals surface area contributed by atoms with Crippen LogP contribution in [-0.4, -0.2) is 26.5 Å². The van der Waals surface area contributed by atoms with Gasteiger partial charge < -0.3 is 21.1 Å². The molecule has 0 unspecified atom stereocenters. The van der Waals surface area contributed by atoms with E-state index in [0.717, 1.165) is 18.2 Å². The molecule has 0 atom stereocenters. The molecule has 4 rings (SSSR count). The molecule has 0 aliphatic rings. The maximum atomic E-state index is 12.1. The van der Waals surface area contributed by atoms with E-state index >= 15 is 0 Å². The summed E-state index contributed by atoms with van der Waals surface area (Å²) in [6.07, 6.45) is 0. The Bertz CT molecular complexity index is 1790. The Balaban J connectivity index is 0.00000400. The standard InChI is InChI=1S/C22H19N7O6S2.Na/c23-12-1-3-13(4-2-12)26-28-18-10-9-17(24)20-16(18)11-19(37(33,34)35)21(22(20)30)29-27-14-5-7-15(8-6-14)36(25,31)32;/h1-11,30H,23-24H2,(H2,25,31,32)(H,33,34,35);/q;+1/p-1. The maximum Gasteiger partial charge on any atom is 1.00 e. The van der Waals surface area contributed by atoms with Gasteiger partial charge in [-0.25, -0.2) is 22.0 Å². The first-order valence-corrected chi connectivity index (χ1v) is 13.2. The predicted octanol–water partition coefficient (Wildman–Crippen LogP) is 1.10. The van der Waals surface area contributed by atoms with Gasteiger partial charge in [0.1, 0.15) is 15.8 Å². The van der Waals surface area contributed by atoms with Crippen molar-refractivity contribution >= 4 is 65.0 Å². The van der Waals surface area contributed by atoms with Gasteiger partial charge in [0.2, 0.25) is 10.0 Å². The number of nitrogen functional groups attached to an aromatic ring is 2. The van der Waals surface area contributed by atoms with Crippen LogP contribution in [0.1, 0.15) is 0 Å². The number of rotatable bonds is 6. The topological polar surface area (TPSA) is 239 Å². The van der Waals surface area contributed by atoms with Crippen LogP contribution in [-0.2, 0) is 20.1 Å². The summed E-state index contributed by atoms with van der Waals surface area (Å²) in [4.78, 5) is -1.06. The normalized spacial score (nSPS) is 12.3. The van der Waals surface area contributed by atoms with Crippen LogP contribution >= 0.6 is 0 Å². The average Bonchev–Trinajstić information content (AvgIpc) is 2.83. The molecule has 0 radical (unpaired) electrons. The summed E-state index contributed by atoms with van der Waals surface area (Å²) in [7, 11) is -9.11. The van der Waals surface area contributed by atoms with E-state index in [9.17, 15) is 26.5 Å². The Kier molecular flexibility index (Phi) is 8.52. The van der Waals surface area contributed by atoms with Crippen molar-refractivity contribution < 1.29 is 56.1 Å². The summed E-state index contributed by atoms with van der Waals surface area (Å²) in [6.45, 7) is 0. The summed E-state index contributed by atoms with van der Waals surface area (Å²) in [5.74, 6) is -0.723. The van der Waals surface area contributed by atoms with Gasteiger partial charge in [-0.2, -0.15) is 10.2 Å². The van der Waals surface area contributed by atoms with Crippen molar-refractivity contribution in [3.05, 3.63) is 66.7 Å². The molecular formula is C22H18N7NaO6S2. The number of hydrogen-bond acceptors (Lipinski definition) is 12. The van der Waals surface area contributed by atoms with Crippen molar-refractivity contribution in [2.45, 2.75) is 9.79 Å². The number of azo groups is 2. The van der Waals surface area contributed by atoms with Gasteiger partial charge in [0, 0.05) is 16.8 Å². The van der Waals surface area contributed by atoms with Crippen LogP contribution < -0.4 is 46.2 Å². The molecule has 16 heteroatoms. The Morgan fingerprint density at radius 1 is 0.763 bits per heavy atom. The minimum absolute atomic E-state index is 0. The number of fused-ring (bicyclic) bond motifs is 1. The molecule has 0 saturated carbocycles. The van der Waals surface area contributed by atoms with Crippen molar-refractivity contribution in [3.63, 3.8) is 0 Å². The van der Waals surface area contributed by atoms with Gasteiger partial charge in [0.15, 0.2) is 5.75 Å². The fourth-order valence-electron chi connectivity index (χ4n) is 3.31. The number of sulfonamides is 1. The predicted molar refractivity (Wildman–Crippen MR) is 135 cm³/mol. The Labute approximate surface area is 239 Å². The summed E-state index contributed by atoms with van der Waals surface area (Å²) in [5, 5.41) is 31.7. The fourth-order valence-corrected chi connectivity index (χ4v) is 4.46. The van der Waals surface area contributed by atoms with Gasteiger partial charge in [0.25, 0.3) is 0 Å². The van der Waals surface area contributed by atoms with Crippen molar-refractivity contribution in [3.8, 4) is 5.75 Å². The fraction of sp³-hybridized carbons (Fsp3) is 0. The minimum Gasteiger partial charge on any atom is -0.744 e. The molecule has 0 amide bonds. The molecule has 0 heterocycles. The average molecular weight is 564 g/mol. The van der Waals surface area contributed by atoms with E-state index in [1.807, 2.05) is 0 Å². The smallest absolute Gasteiger partial charge is 0.744 e. The third-order valence-corrected chi connectivity index (χ3v) is 6.87. The van der Waals surface area contributed by atoms with Crippen LogP contribution in [0.15, 0.2) is 97.0 Å². The van der Waals surface area contributed by atoms with E-state index in [1.54, 1.807) is 24.3 Å². The molecule has 0 spiro atoms. The van der Waals surface area contributed by atoms with E-state index in [4.69, 9.17) is 16.6 Å². The molecule has 13 nitrogen and oxygen atoms in total. The van der Waals surface area contributed by atoms with Crippen LogP contribution in [0.2, 0.25) is 0 Å². The van der Waals surface area contributed by atoms with Gasteiger partial charge in [-0.05, 0) is 66.7 Å². The van der Waals surface area contributed by atoms with Gasteiger partial charge >= 0.3 is 29.6 Å². The molecule has 4 aromatic rings. The second-order valence-corrected chi connectivity index (χ2v) is 10.6. The first kappa shape index (κ1) is 29.1. The summed E-state index contributed by atoms with van der Waals surface area (Å²) >= 11 is 0. The second kappa shape index (κ2) is 11.1. The molecule has 0 aromatic heterocycles. The summed E-state index contributed by atoms with van der Waals surface area (Å²) in [5.41, 5.74) is 12.2. The molecule has 0 aliphatic heterocycles. The van der Waals surface area contributed by atoms with Crippen molar-refractivity contribution in [1.29, 1.82) is 0 Å². The number of primary sulfonamides is 1. The number of aromatic hydroxyl groups is 1. The first-order valence-electron chi connectivity index (χ1n) is 10.2. The van der Waals surface area contributed by atoms with Crippen LogP contribution in [0.4, 0.5) is 34.1 Å². The largest absolute Gasteiger partial charge is 1.00 e. The van der Waals surface area contributed by atoms with Crippen molar-refractivity contribution in [2.75, 3.05) is 11.5 Å². The molecule has 38 heavy (non-hydrogen) atoms. The van der Waals surface area contributed by atoms with Crippen molar-refractivity contribution in [1.82, 2.24) is 0 Å². The van der Waals surface area contributed by atoms with Crippen LogP contribution in [0.3, 0.4) is 0 Å². The second-order valence-electron chi connectivity index (χ2n) is 7.65. The monoisotopic (exact) mass is 563 g/mol. The van der Waals surface area contributed by atoms with Gasteiger partial charge in [-0.3, -0.25) is 0 Å². The van der Waals surface area contributed by atoms with Gasteiger partial charge in [-0.1, -0.05) is 0 Å². The first-order chi connectivity index (χ1) is 17.3. The molecule has 0 bridgehead atoms. The number of benzene rings is 4. The number of nitrogens with zero attached hydrogens (tertiary/aromatic N) is 4. The molecule has 0 aliphatic carbocycles. The summed E-state index contributed by atoms with van der Waals surface area (Å²) in [6, 6.07) is 15.1. The molecule has 0 fully saturated rings. The van der Waals surface area contributed by atoms with Crippen LogP contribution in [0.25, 0.3) is 10.8 Å². The van der Waals surface area contributed by atoms with E-state index in [-0.39, 0.29) is 62.3 Å². The maximum absolute atomic E-state index is 12.1. The number of nitrogens with two attached hydrogens (primary N) is 3. The Morgan fingerprint density at radius 3 is 1.87 bits per heavy atom. The number of phenolic OH excluding ortho intramolecular Hbond substituents is 1. The van der Waals surface area contributed by atoms with Gasteiger partial charge in [0.05, 0.1) is 32.2 Å². The summed E-state index contributed by atoms with van der Waals surface area (Å²) < 4.78 is 59.0. The van der Waals surface area contributed by atoms with Gasteiger partial charge in [-0.15, -0.1) is 10.2 Å². The molecule has 4 aromatic carbocycles. The quantitative estimate of drug-likeness (QED) is 0.114. The van der Waals surface area contributed by atoms with E-state index in [2.05, 4.69) is 20.5 Å². The number of hydrogen-bond donors (Lipinski definition) is 4. The Hall–Kier alpha value is -3.44. The SMILES string of the molecule is Nc1ccc(N=Nc2ccc(N)c3c(O)c(N=Nc4ccc(S(N)(=O)=O)cc4)c(S(=O)(=O)[O-])cc23)cc1.[Na+]. The molecule has 190 valence electrons. The zero-order valence-electron chi connectivity index (χ0n) is 19.7. The minimum atomic E-state index is -5.17. The number of anilines is 2. The number of phenols is 1. The molecule has 7 N–H and O–H groups in total. The Morgan fingerprint density at radius 2 is 1.32 bits per heavy atom. The van der Waals surface area contributed by atoms with E-state index in [1.165, 1.54) is 24.3 Å². The zero-order valence-corrected chi connectivity index (χ0v) is 23.3. The third-order valence-electron chi connectivity index (χ3n) is 5.09. The van der Waals surface area contributed by atoms with E-state index in [0.29, 0.717) is 11.4 Å². The third kappa shape index (κ3) is 6.33. The van der Waals surface area contributed by atoms with Crippen LogP contribution in [0.5, 0.6) is 5.75 Å². The molecule has 0 saturated heterocycles. The zero-order chi connectivity index (χ0) is 27.0. The van der Waals surface area contributed by atoms with Crippen LogP contribution in [0, 0.1) is 0 Å². The molecular weight excluding hydrogens is 545 g/mol. The van der Waals surface area contributed by atoms with Crippen molar-refractivity contribution in [2.24, 2.45) is 25.6 Å². The van der Waals surface area contributed by atoms with E-state index < -0.39 is 36.5 Å².